The van der Waals surface area contributed by atoms with Crippen molar-refractivity contribution in [3.63, 3.8) is 0 Å². The normalized spacial score (nSPS) is 10.1. The molecule has 2 aromatic carbocycles. The average molecular weight is 392 g/mol. The highest BCUT2D eigenvalue weighted by molar-refractivity contribution is 6.32. The molecule has 0 fully saturated rings. The molecule has 0 aliphatic heterocycles. The first-order chi connectivity index (χ1) is 12.9. The number of hydrogen-bond donors (Lipinski definition) is 1. The van der Waals surface area contributed by atoms with E-state index in [0.717, 1.165) is 0 Å². The van der Waals surface area contributed by atoms with Gasteiger partial charge in [0.1, 0.15) is 5.75 Å². The van der Waals surface area contributed by atoms with Crippen LogP contribution in [0, 0.1) is 0 Å². The molecule has 0 bridgehead atoms. The van der Waals surface area contributed by atoms with Crippen molar-refractivity contribution >= 4 is 35.1 Å². The predicted octanol–water partition coefficient (Wildman–Crippen LogP) is 3.56. The molecule has 0 spiro atoms. The molecule has 0 unspecified atom stereocenters. The second kappa shape index (κ2) is 9.05. The second-order valence-electron chi connectivity index (χ2n) is 5.31. The van der Waals surface area contributed by atoms with Crippen LogP contribution in [-0.4, -0.2) is 38.7 Å². The van der Waals surface area contributed by atoms with Crippen LogP contribution in [0.15, 0.2) is 36.4 Å². The van der Waals surface area contributed by atoms with E-state index < -0.39 is 17.8 Å². The zero-order chi connectivity index (χ0) is 20.0. The van der Waals surface area contributed by atoms with E-state index in [4.69, 9.17) is 16.3 Å². The number of carbonyl (C=O) groups is 3. The minimum absolute atomic E-state index is 0.0976. The number of halogens is 1. The first kappa shape index (κ1) is 20.3. The van der Waals surface area contributed by atoms with Crippen LogP contribution in [0.3, 0.4) is 0 Å². The second-order valence-corrected chi connectivity index (χ2v) is 5.72. The lowest BCUT2D eigenvalue weighted by Crippen LogP contribution is -2.14. The number of rotatable bonds is 6. The van der Waals surface area contributed by atoms with Crippen molar-refractivity contribution in [1.82, 2.24) is 0 Å². The van der Waals surface area contributed by atoms with Gasteiger partial charge in [0.15, 0.2) is 0 Å². The van der Waals surface area contributed by atoms with Crippen LogP contribution in [0.4, 0.5) is 5.69 Å². The predicted molar refractivity (Wildman–Crippen MR) is 99.7 cm³/mol. The van der Waals surface area contributed by atoms with Gasteiger partial charge >= 0.3 is 11.9 Å². The topological polar surface area (TPSA) is 90.9 Å². The quantitative estimate of drug-likeness (QED) is 0.757. The standard InChI is InChI=1S/C19H18ClNO6/c1-4-27-16-6-5-11(10-15(16)20)17(22)21-14-8-12(18(23)25-2)7-13(9-14)19(24)26-3/h5-10H,4H2,1-3H3,(H,21,22). The largest absolute Gasteiger partial charge is 0.492 e. The summed E-state index contributed by atoms with van der Waals surface area (Å²) in [5.41, 5.74) is 0.709. The summed E-state index contributed by atoms with van der Waals surface area (Å²) >= 11 is 6.10. The molecule has 0 aromatic heterocycles. The van der Waals surface area contributed by atoms with Gasteiger partial charge in [-0.2, -0.15) is 0 Å². The van der Waals surface area contributed by atoms with Crippen LogP contribution in [-0.2, 0) is 9.47 Å². The van der Waals surface area contributed by atoms with E-state index in [9.17, 15) is 14.4 Å². The summed E-state index contributed by atoms with van der Waals surface area (Å²) in [6.45, 7) is 2.27. The molecule has 1 N–H and O–H groups in total. The zero-order valence-corrected chi connectivity index (χ0v) is 15.8. The Balaban J connectivity index is 2.32. The van der Waals surface area contributed by atoms with Crippen molar-refractivity contribution in [2.75, 3.05) is 26.1 Å². The molecule has 142 valence electrons. The van der Waals surface area contributed by atoms with Gasteiger partial charge in [-0.25, -0.2) is 9.59 Å². The number of benzene rings is 2. The molecule has 2 rings (SSSR count). The highest BCUT2D eigenvalue weighted by Crippen LogP contribution is 2.26. The maximum absolute atomic E-state index is 12.5. The molecule has 2 aromatic rings. The van der Waals surface area contributed by atoms with Crippen molar-refractivity contribution in [3.05, 3.63) is 58.1 Å². The SMILES string of the molecule is CCOc1ccc(C(=O)Nc2cc(C(=O)OC)cc(C(=O)OC)c2)cc1Cl. The Morgan fingerprint density at radius 3 is 2.00 bits per heavy atom. The van der Waals surface area contributed by atoms with Gasteiger partial charge in [0.05, 0.1) is 37.0 Å². The van der Waals surface area contributed by atoms with E-state index in [1.807, 2.05) is 6.92 Å². The van der Waals surface area contributed by atoms with Gasteiger partial charge in [-0.05, 0) is 43.3 Å². The number of esters is 2. The van der Waals surface area contributed by atoms with Crippen LogP contribution in [0.5, 0.6) is 5.75 Å². The van der Waals surface area contributed by atoms with E-state index in [-0.39, 0.29) is 22.4 Å². The van der Waals surface area contributed by atoms with Gasteiger partial charge in [0.25, 0.3) is 5.91 Å². The smallest absolute Gasteiger partial charge is 0.337 e. The van der Waals surface area contributed by atoms with Gasteiger partial charge in [-0.1, -0.05) is 11.6 Å². The van der Waals surface area contributed by atoms with Crippen LogP contribution < -0.4 is 10.1 Å². The lowest BCUT2D eigenvalue weighted by Gasteiger charge is -2.11. The van der Waals surface area contributed by atoms with Crippen LogP contribution >= 0.6 is 11.6 Å². The maximum Gasteiger partial charge on any atom is 0.337 e. The van der Waals surface area contributed by atoms with Crippen LogP contribution in [0.2, 0.25) is 5.02 Å². The third-order valence-corrected chi connectivity index (χ3v) is 3.82. The first-order valence-corrected chi connectivity index (χ1v) is 8.32. The van der Waals surface area contributed by atoms with Gasteiger partial charge in [-0.3, -0.25) is 4.79 Å². The minimum atomic E-state index is -0.652. The maximum atomic E-state index is 12.5. The van der Waals surface area contributed by atoms with Crippen molar-refractivity contribution in [2.24, 2.45) is 0 Å². The number of amides is 1. The number of carbonyl (C=O) groups excluding carboxylic acids is 3. The lowest BCUT2D eigenvalue weighted by molar-refractivity contribution is 0.0599. The number of nitrogens with one attached hydrogen (secondary N) is 1. The molecular formula is C19H18ClNO6. The summed E-state index contributed by atoms with van der Waals surface area (Å²) in [6, 6.07) is 8.72. The third kappa shape index (κ3) is 4.98. The number of hydrogen-bond acceptors (Lipinski definition) is 6. The molecule has 0 saturated heterocycles. The summed E-state index contributed by atoms with van der Waals surface area (Å²) in [5.74, 6) is -1.31. The first-order valence-electron chi connectivity index (χ1n) is 7.95. The van der Waals surface area contributed by atoms with E-state index in [1.165, 1.54) is 38.5 Å². The highest BCUT2D eigenvalue weighted by atomic mass is 35.5. The van der Waals surface area contributed by atoms with Crippen molar-refractivity contribution in [2.45, 2.75) is 6.92 Å². The van der Waals surface area contributed by atoms with Gasteiger partial charge in [0, 0.05) is 11.3 Å². The Kier molecular flexibility index (Phi) is 6.79. The molecule has 8 heteroatoms. The minimum Gasteiger partial charge on any atom is -0.492 e. The molecule has 27 heavy (non-hydrogen) atoms. The molecule has 0 aliphatic rings. The number of anilines is 1. The van der Waals surface area contributed by atoms with Crippen molar-refractivity contribution in [3.8, 4) is 5.75 Å². The summed E-state index contributed by atoms with van der Waals surface area (Å²) in [4.78, 5) is 36.1. The van der Waals surface area contributed by atoms with Crippen molar-refractivity contribution in [1.29, 1.82) is 0 Å². The molecule has 0 atom stereocenters. The van der Waals surface area contributed by atoms with Crippen LogP contribution in [0.25, 0.3) is 0 Å². The number of methoxy groups -OCH3 is 2. The molecule has 1 amide bonds. The Bertz CT molecular complexity index is 846. The molecule has 0 radical (unpaired) electrons. The van der Waals surface area contributed by atoms with Gasteiger partial charge < -0.3 is 19.5 Å². The number of ether oxygens (including phenoxy) is 3. The fraction of sp³-hybridized carbons (Fsp3) is 0.211. The van der Waals surface area contributed by atoms with E-state index >= 15 is 0 Å². The lowest BCUT2D eigenvalue weighted by atomic mass is 10.1. The Morgan fingerprint density at radius 2 is 1.52 bits per heavy atom. The molecular weight excluding hydrogens is 374 g/mol. The Labute approximate surface area is 161 Å². The van der Waals surface area contributed by atoms with Gasteiger partial charge in [0.2, 0.25) is 0 Å². The van der Waals surface area contributed by atoms with E-state index in [0.29, 0.717) is 17.4 Å². The third-order valence-electron chi connectivity index (χ3n) is 3.53. The Morgan fingerprint density at radius 1 is 0.926 bits per heavy atom. The monoisotopic (exact) mass is 391 g/mol. The molecule has 7 nitrogen and oxygen atoms in total. The van der Waals surface area contributed by atoms with Crippen molar-refractivity contribution < 1.29 is 28.6 Å². The zero-order valence-electron chi connectivity index (χ0n) is 15.0. The highest BCUT2D eigenvalue weighted by Gasteiger charge is 2.16. The fourth-order valence-corrected chi connectivity index (χ4v) is 2.52. The molecule has 0 heterocycles. The summed E-state index contributed by atoms with van der Waals surface area (Å²) < 4.78 is 14.7. The molecule has 0 saturated carbocycles. The van der Waals surface area contributed by atoms with Gasteiger partial charge in [-0.15, -0.1) is 0 Å². The Hall–Kier alpha value is -3.06. The summed E-state index contributed by atoms with van der Waals surface area (Å²) in [6.07, 6.45) is 0. The molecule has 0 aliphatic carbocycles. The van der Waals surface area contributed by atoms with E-state index in [1.54, 1.807) is 12.1 Å². The summed E-state index contributed by atoms with van der Waals surface area (Å²) in [5, 5.41) is 2.92. The van der Waals surface area contributed by atoms with Crippen LogP contribution in [0.1, 0.15) is 38.0 Å². The fourth-order valence-electron chi connectivity index (χ4n) is 2.29. The van der Waals surface area contributed by atoms with E-state index in [2.05, 4.69) is 14.8 Å². The summed E-state index contributed by atoms with van der Waals surface area (Å²) in [7, 11) is 2.43. The average Bonchev–Trinajstić information content (AvgIpc) is 2.67.